The molecule has 0 spiro atoms. The van der Waals surface area contributed by atoms with Crippen molar-refractivity contribution in [1.82, 2.24) is 4.98 Å². The van der Waals surface area contributed by atoms with E-state index in [2.05, 4.69) is 56.1 Å². The van der Waals surface area contributed by atoms with Crippen molar-refractivity contribution >= 4 is 0 Å². The normalized spacial score (nSPS) is 11.5. The minimum Gasteiger partial charge on any atom is -0.256 e. The average Bonchev–Trinajstić information content (AvgIpc) is 2.28. The van der Waals surface area contributed by atoms with Crippen molar-refractivity contribution in [1.29, 1.82) is 0 Å². The van der Waals surface area contributed by atoms with Gasteiger partial charge in [0.05, 0.1) is 5.69 Å². The molecule has 1 aromatic heterocycles. The second-order valence-corrected chi connectivity index (χ2v) is 5.65. The van der Waals surface area contributed by atoms with Crippen LogP contribution < -0.4 is 0 Å². The molecule has 88 valence electrons. The molecule has 0 aliphatic heterocycles. The van der Waals surface area contributed by atoms with E-state index in [1.807, 2.05) is 18.3 Å². The molecule has 17 heavy (non-hydrogen) atoms. The Morgan fingerprint density at radius 1 is 1.00 bits per heavy atom. The van der Waals surface area contributed by atoms with Crippen LogP contribution in [0.2, 0.25) is 0 Å². The standard InChI is InChI=1S/C16H19N/c1-16(2,3)12-13-7-6-8-14(11-13)15-9-4-5-10-17-15/h4-11H,12H2,1-3H3. The summed E-state index contributed by atoms with van der Waals surface area (Å²) in [5, 5.41) is 0. The topological polar surface area (TPSA) is 12.9 Å². The predicted molar refractivity (Wildman–Crippen MR) is 72.8 cm³/mol. The number of aromatic nitrogens is 1. The van der Waals surface area contributed by atoms with Gasteiger partial charge >= 0.3 is 0 Å². The van der Waals surface area contributed by atoms with Crippen LogP contribution in [0.15, 0.2) is 48.7 Å². The number of pyridine rings is 1. The quantitative estimate of drug-likeness (QED) is 0.741. The van der Waals surface area contributed by atoms with Crippen LogP contribution in [0.5, 0.6) is 0 Å². The van der Waals surface area contributed by atoms with E-state index in [4.69, 9.17) is 0 Å². The number of hydrogen-bond acceptors (Lipinski definition) is 1. The molecule has 0 bridgehead atoms. The molecule has 1 nitrogen and oxygen atoms in total. The first-order valence-electron chi connectivity index (χ1n) is 6.05. The van der Waals surface area contributed by atoms with Gasteiger partial charge in [-0.25, -0.2) is 0 Å². The highest BCUT2D eigenvalue weighted by Gasteiger charge is 2.11. The highest BCUT2D eigenvalue weighted by atomic mass is 14.7. The molecule has 2 rings (SSSR count). The van der Waals surface area contributed by atoms with Gasteiger partial charge in [-0.15, -0.1) is 0 Å². The summed E-state index contributed by atoms with van der Waals surface area (Å²) in [4.78, 5) is 4.39. The van der Waals surface area contributed by atoms with Crippen molar-refractivity contribution < 1.29 is 0 Å². The third-order valence-electron chi connectivity index (χ3n) is 2.62. The van der Waals surface area contributed by atoms with Crippen LogP contribution in [0.3, 0.4) is 0 Å². The molecule has 0 saturated carbocycles. The van der Waals surface area contributed by atoms with Gasteiger partial charge in [-0.3, -0.25) is 4.98 Å². The lowest BCUT2D eigenvalue weighted by molar-refractivity contribution is 0.411. The van der Waals surface area contributed by atoms with Crippen LogP contribution in [0.25, 0.3) is 11.3 Å². The van der Waals surface area contributed by atoms with E-state index in [1.54, 1.807) is 0 Å². The minimum absolute atomic E-state index is 0.322. The van der Waals surface area contributed by atoms with Crippen LogP contribution in [0.4, 0.5) is 0 Å². The van der Waals surface area contributed by atoms with Gasteiger partial charge in [0.15, 0.2) is 0 Å². The van der Waals surface area contributed by atoms with Crippen LogP contribution in [-0.4, -0.2) is 4.98 Å². The molecule has 0 saturated heterocycles. The van der Waals surface area contributed by atoms with Gasteiger partial charge in [0, 0.05) is 11.8 Å². The van der Waals surface area contributed by atoms with E-state index in [0.717, 1.165) is 12.1 Å². The van der Waals surface area contributed by atoms with Crippen LogP contribution in [0, 0.1) is 5.41 Å². The number of rotatable bonds is 2. The van der Waals surface area contributed by atoms with E-state index >= 15 is 0 Å². The summed E-state index contributed by atoms with van der Waals surface area (Å²) in [5.41, 5.74) is 3.94. The monoisotopic (exact) mass is 225 g/mol. The highest BCUT2D eigenvalue weighted by Crippen LogP contribution is 2.24. The lowest BCUT2D eigenvalue weighted by atomic mass is 9.87. The Hall–Kier alpha value is -1.63. The minimum atomic E-state index is 0.322. The third-order valence-corrected chi connectivity index (χ3v) is 2.62. The molecule has 0 aliphatic rings. The van der Waals surface area contributed by atoms with E-state index in [1.165, 1.54) is 11.1 Å². The fraction of sp³-hybridized carbons (Fsp3) is 0.312. The molecule has 2 aromatic rings. The van der Waals surface area contributed by atoms with Crippen molar-refractivity contribution in [3.05, 3.63) is 54.2 Å². The summed E-state index contributed by atoms with van der Waals surface area (Å²) in [6.07, 6.45) is 2.93. The van der Waals surface area contributed by atoms with Gasteiger partial charge in [0.1, 0.15) is 0 Å². The molecule has 0 fully saturated rings. The largest absolute Gasteiger partial charge is 0.256 e. The second-order valence-electron chi connectivity index (χ2n) is 5.65. The summed E-state index contributed by atoms with van der Waals surface area (Å²) in [5.74, 6) is 0. The smallest absolute Gasteiger partial charge is 0.0702 e. The third kappa shape index (κ3) is 3.42. The molecule has 0 N–H and O–H groups in total. The zero-order valence-corrected chi connectivity index (χ0v) is 10.8. The van der Waals surface area contributed by atoms with Crippen molar-refractivity contribution in [2.24, 2.45) is 5.41 Å². The van der Waals surface area contributed by atoms with Gasteiger partial charge in [0.2, 0.25) is 0 Å². The van der Waals surface area contributed by atoms with Crippen LogP contribution in [0.1, 0.15) is 26.3 Å². The second kappa shape index (κ2) is 4.70. The number of hydrogen-bond donors (Lipinski definition) is 0. The lowest BCUT2D eigenvalue weighted by Gasteiger charge is -2.18. The van der Waals surface area contributed by atoms with Crippen molar-refractivity contribution in [3.63, 3.8) is 0 Å². The Morgan fingerprint density at radius 2 is 1.82 bits per heavy atom. The highest BCUT2D eigenvalue weighted by molar-refractivity contribution is 5.59. The molecular formula is C16H19N. The molecule has 1 heteroatoms. The van der Waals surface area contributed by atoms with Gasteiger partial charge in [-0.05, 0) is 35.6 Å². The lowest BCUT2D eigenvalue weighted by Crippen LogP contribution is -2.08. The van der Waals surface area contributed by atoms with Crippen molar-refractivity contribution in [3.8, 4) is 11.3 Å². The summed E-state index contributed by atoms with van der Waals surface area (Å²) in [6.45, 7) is 6.79. The van der Waals surface area contributed by atoms with Crippen LogP contribution >= 0.6 is 0 Å². The number of nitrogens with zero attached hydrogens (tertiary/aromatic N) is 1. The summed E-state index contributed by atoms with van der Waals surface area (Å²) < 4.78 is 0. The molecule has 0 aliphatic carbocycles. The molecule has 0 radical (unpaired) electrons. The maximum atomic E-state index is 4.39. The number of benzene rings is 1. The Morgan fingerprint density at radius 3 is 2.47 bits per heavy atom. The fourth-order valence-corrected chi connectivity index (χ4v) is 1.99. The Labute approximate surface area is 104 Å². The molecule has 1 heterocycles. The zero-order chi connectivity index (χ0) is 12.3. The maximum absolute atomic E-state index is 4.39. The Bertz CT molecular complexity index is 480. The van der Waals surface area contributed by atoms with E-state index < -0.39 is 0 Å². The summed E-state index contributed by atoms with van der Waals surface area (Å²) >= 11 is 0. The molecule has 0 amide bonds. The predicted octanol–water partition coefficient (Wildman–Crippen LogP) is 4.34. The first-order valence-corrected chi connectivity index (χ1v) is 6.05. The SMILES string of the molecule is CC(C)(C)Cc1cccc(-c2ccccn2)c1. The molecule has 0 atom stereocenters. The van der Waals surface area contributed by atoms with E-state index in [-0.39, 0.29) is 0 Å². The summed E-state index contributed by atoms with van der Waals surface area (Å²) in [6, 6.07) is 14.7. The van der Waals surface area contributed by atoms with Gasteiger partial charge in [-0.2, -0.15) is 0 Å². The Kier molecular flexibility index (Phi) is 3.28. The molecule has 1 aromatic carbocycles. The molecular weight excluding hydrogens is 206 g/mol. The first kappa shape index (κ1) is 11.8. The van der Waals surface area contributed by atoms with Gasteiger partial charge in [-0.1, -0.05) is 45.0 Å². The average molecular weight is 225 g/mol. The maximum Gasteiger partial charge on any atom is 0.0702 e. The van der Waals surface area contributed by atoms with Gasteiger partial charge < -0.3 is 0 Å². The summed E-state index contributed by atoms with van der Waals surface area (Å²) in [7, 11) is 0. The van der Waals surface area contributed by atoms with E-state index in [0.29, 0.717) is 5.41 Å². The van der Waals surface area contributed by atoms with E-state index in [9.17, 15) is 0 Å². The van der Waals surface area contributed by atoms with Crippen LogP contribution in [-0.2, 0) is 6.42 Å². The fourth-order valence-electron chi connectivity index (χ4n) is 1.99. The molecule has 0 unspecified atom stereocenters. The van der Waals surface area contributed by atoms with Crippen molar-refractivity contribution in [2.45, 2.75) is 27.2 Å². The zero-order valence-electron chi connectivity index (χ0n) is 10.8. The van der Waals surface area contributed by atoms with Gasteiger partial charge in [0.25, 0.3) is 0 Å². The van der Waals surface area contributed by atoms with Crippen molar-refractivity contribution in [2.75, 3.05) is 0 Å². The Balaban J connectivity index is 2.29. The first-order chi connectivity index (χ1) is 8.04.